The largest absolute Gasteiger partial charge is 0.314 e. The molecule has 0 amide bonds. The summed E-state index contributed by atoms with van der Waals surface area (Å²) in [6, 6.07) is 0.720. The predicted octanol–water partition coefficient (Wildman–Crippen LogP) is 3.98. The van der Waals surface area contributed by atoms with Gasteiger partial charge < -0.3 is 5.32 Å². The number of nitrogens with one attached hydrogen (secondary N) is 1. The van der Waals surface area contributed by atoms with Gasteiger partial charge in [0.25, 0.3) is 0 Å². The van der Waals surface area contributed by atoms with Gasteiger partial charge in [0.2, 0.25) is 0 Å². The highest BCUT2D eigenvalue weighted by atomic mass is 14.9. The van der Waals surface area contributed by atoms with E-state index in [0.717, 1.165) is 17.9 Å². The summed E-state index contributed by atoms with van der Waals surface area (Å²) in [5.74, 6) is 2.01. The van der Waals surface area contributed by atoms with Gasteiger partial charge >= 0.3 is 0 Å². The molecule has 0 radical (unpaired) electrons. The third-order valence-electron chi connectivity index (χ3n) is 3.90. The molecule has 1 unspecified atom stereocenters. The highest BCUT2D eigenvalue weighted by Crippen LogP contribution is 2.29. The van der Waals surface area contributed by atoms with E-state index in [1.54, 1.807) is 0 Å². The normalized spacial score (nSPS) is 29.0. The molecule has 0 aromatic heterocycles. The van der Waals surface area contributed by atoms with Crippen molar-refractivity contribution < 1.29 is 0 Å². The second kappa shape index (κ2) is 7.27. The zero-order chi connectivity index (χ0) is 11.1. The Kier molecular flexibility index (Phi) is 6.31. The van der Waals surface area contributed by atoms with E-state index in [2.05, 4.69) is 26.1 Å². The van der Waals surface area contributed by atoms with E-state index in [1.165, 1.54) is 51.5 Å². The summed E-state index contributed by atoms with van der Waals surface area (Å²) in [4.78, 5) is 0. The first-order chi connectivity index (χ1) is 7.22. The lowest BCUT2D eigenvalue weighted by Crippen LogP contribution is -2.28. The maximum absolute atomic E-state index is 3.64. The van der Waals surface area contributed by atoms with Crippen molar-refractivity contribution in [1.82, 2.24) is 5.32 Å². The highest BCUT2D eigenvalue weighted by Gasteiger charge is 2.17. The summed E-state index contributed by atoms with van der Waals surface area (Å²) >= 11 is 0. The van der Waals surface area contributed by atoms with Crippen LogP contribution in [0.1, 0.15) is 65.7 Å². The van der Waals surface area contributed by atoms with Crippen molar-refractivity contribution in [2.24, 2.45) is 11.8 Å². The summed E-state index contributed by atoms with van der Waals surface area (Å²) in [7, 11) is 0. The Balaban J connectivity index is 2.00. The SMILES string of the molecule is CCCC(C)NCCC1CCC(C)CC1. The van der Waals surface area contributed by atoms with Gasteiger partial charge in [-0.2, -0.15) is 0 Å². The van der Waals surface area contributed by atoms with E-state index in [-0.39, 0.29) is 0 Å². The van der Waals surface area contributed by atoms with Crippen LogP contribution in [0.5, 0.6) is 0 Å². The van der Waals surface area contributed by atoms with Crippen molar-refractivity contribution >= 4 is 0 Å². The minimum Gasteiger partial charge on any atom is -0.314 e. The maximum Gasteiger partial charge on any atom is 0.00386 e. The fourth-order valence-electron chi connectivity index (χ4n) is 2.69. The number of hydrogen-bond acceptors (Lipinski definition) is 1. The molecule has 0 bridgehead atoms. The maximum atomic E-state index is 3.64. The molecular formula is C14H29N. The van der Waals surface area contributed by atoms with Crippen LogP contribution in [0, 0.1) is 11.8 Å². The lowest BCUT2D eigenvalue weighted by Gasteiger charge is -2.26. The molecule has 1 fully saturated rings. The predicted molar refractivity (Wildman–Crippen MR) is 68.1 cm³/mol. The van der Waals surface area contributed by atoms with E-state index in [1.807, 2.05) is 0 Å². The molecule has 0 aromatic carbocycles. The first-order valence-electron chi connectivity index (χ1n) is 6.95. The van der Waals surface area contributed by atoms with Crippen LogP contribution < -0.4 is 5.32 Å². The third kappa shape index (κ3) is 5.55. The van der Waals surface area contributed by atoms with E-state index >= 15 is 0 Å². The first-order valence-corrected chi connectivity index (χ1v) is 6.95. The molecule has 1 atom stereocenters. The molecule has 0 aliphatic heterocycles. The van der Waals surface area contributed by atoms with Crippen LogP contribution in [-0.4, -0.2) is 12.6 Å². The van der Waals surface area contributed by atoms with Crippen LogP contribution in [0.3, 0.4) is 0 Å². The van der Waals surface area contributed by atoms with Gasteiger partial charge in [0.1, 0.15) is 0 Å². The van der Waals surface area contributed by atoms with Gasteiger partial charge in [0.05, 0.1) is 0 Å². The Morgan fingerprint density at radius 3 is 2.47 bits per heavy atom. The Hall–Kier alpha value is -0.0400. The number of rotatable bonds is 6. The average Bonchev–Trinajstić information content (AvgIpc) is 2.21. The van der Waals surface area contributed by atoms with Crippen LogP contribution in [0.15, 0.2) is 0 Å². The van der Waals surface area contributed by atoms with E-state index in [0.29, 0.717) is 0 Å². The van der Waals surface area contributed by atoms with Crippen molar-refractivity contribution in [1.29, 1.82) is 0 Å². The Morgan fingerprint density at radius 2 is 1.87 bits per heavy atom. The molecule has 0 spiro atoms. The average molecular weight is 211 g/mol. The van der Waals surface area contributed by atoms with Crippen LogP contribution in [0.25, 0.3) is 0 Å². The third-order valence-corrected chi connectivity index (χ3v) is 3.90. The van der Waals surface area contributed by atoms with Gasteiger partial charge in [-0.3, -0.25) is 0 Å². The highest BCUT2D eigenvalue weighted by molar-refractivity contribution is 4.71. The zero-order valence-corrected chi connectivity index (χ0v) is 10.9. The van der Waals surface area contributed by atoms with Crippen molar-refractivity contribution in [3.8, 4) is 0 Å². The molecule has 1 nitrogen and oxygen atoms in total. The quantitative estimate of drug-likeness (QED) is 0.700. The minimum absolute atomic E-state index is 0.720. The fourth-order valence-corrected chi connectivity index (χ4v) is 2.69. The Labute approximate surface area is 96.0 Å². The lowest BCUT2D eigenvalue weighted by molar-refractivity contribution is 0.272. The van der Waals surface area contributed by atoms with Crippen LogP contribution >= 0.6 is 0 Å². The molecule has 15 heavy (non-hydrogen) atoms. The van der Waals surface area contributed by atoms with Crippen molar-refractivity contribution in [2.75, 3.05) is 6.54 Å². The molecule has 1 aliphatic rings. The lowest BCUT2D eigenvalue weighted by atomic mass is 9.81. The molecule has 90 valence electrons. The smallest absolute Gasteiger partial charge is 0.00386 e. The van der Waals surface area contributed by atoms with E-state index in [9.17, 15) is 0 Å². The first kappa shape index (κ1) is 13.0. The van der Waals surface area contributed by atoms with Gasteiger partial charge in [-0.05, 0) is 38.1 Å². The Bertz CT molecular complexity index is 147. The van der Waals surface area contributed by atoms with Crippen LogP contribution in [0.4, 0.5) is 0 Å². The monoisotopic (exact) mass is 211 g/mol. The summed E-state index contributed by atoms with van der Waals surface area (Å²) < 4.78 is 0. The van der Waals surface area contributed by atoms with Gasteiger partial charge in [-0.15, -0.1) is 0 Å². The van der Waals surface area contributed by atoms with Gasteiger partial charge in [0, 0.05) is 6.04 Å². The summed E-state index contributed by atoms with van der Waals surface area (Å²) in [6.45, 7) is 8.21. The molecule has 0 heterocycles. The van der Waals surface area contributed by atoms with Crippen molar-refractivity contribution in [2.45, 2.75) is 71.8 Å². The summed E-state index contributed by atoms with van der Waals surface area (Å²) in [5, 5.41) is 3.64. The fraction of sp³-hybridized carbons (Fsp3) is 1.00. The molecule has 0 aromatic rings. The molecule has 1 heteroatoms. The summed E-state index contributed by atoms with van der Waals surface area (Å²) in [6.07, 6.45) is 9.91. The molecule has 1 rings (SSSR count). The van der Waals surface area contributed by atoms with Crippen LogP contribution in [-0.2, 0) is 0 Å². The van der Waals surface area contributed by atoms with Gasteiger partial charge in [-0.1, -0.05) is 46.0 Å². The standard InChI is InChI=1S/C14H29N/c1-4-5-13(3)15-11-10-14-8-6-12(2)7-9-14/h12-15H,4-11H2,1-3H3. The Morgan fingerprint density at radius 1 is 1.20 bits per heavy atom. The molecular weight excluding hydrogens is 182 g/mol. The molecule has 1 saturated carbocycles. The van der Waals surface area contributed by atoms with E-state index in [4.69, 9.17) is 0 Å². The molecule has 1 aliphatic carbocycles. The van der Waals surface area contributed by atoms with Gasteiger partial charge in [0.15, 0.2) is 0 Å². The van der Waals surface area contributed by atoms with Crippen molar-refractivity contribution in [3.05, 3.63) is 0 Å². The van der Waals surface area contributed by atoms with E-state index < -0.39 is 0 Å². The minimum atomic E-state index is 0.720. The molecule has 0 saturated heterocycles. The van der Waals surface area contributed by atoms with Gasteiger partial charge in [-0.25, -0.2) is 0 Å². The second-order valence-corrected chi connectivity index (χ2v) is 5.56. The van der Waals surface area contributed by atoms with Crippen LogP contribution in [0.2, 0.25) is 0 Å². The summed E-state index contributed by atoms with van der Waals surface area (Å²) in [5.41, 5.74) is 0. The zero-order valence-electron chi connectivity index (χ0n) is 10.9. The second-order valence-electron chi connectivity index (χ2n) is 5.56. The number of hydrogen-bond donors (Lipinski definition) is 1. The topological polar surface area (TPSA) is 12.0 Å². The molecule has 1 N–H and O–H groups in total. The van der Waals surface area contributed by atoms with Crippen molar-refractivity contribution in [3.63, 3.8) is 0 Å².